The molecule has 1 aromatic carbocycles. The lowest BCUT2D eigenvalue weighted by Crippen LogP contribution is -2.43. The van der Waals surface area contributed by atoms with Gasteiger partial charge in [0.1, 0.15) is 0 Å². The summed E-state index contributed by atoms with van der Waals surface area (Å²) in [6.45, 7) is 4.90. The molecule has 182 valence electrons. The molecule has 2 N–H and O–H groups in total. The van der Waals surface area contributed by atoms with Crippen molar-refractivity contribution in [3.63, 3.8) is 0 Å². The number of anilines is 2. The van der Waals surface area contributed by atoms with Crippen LogP contribution in [0.4, 0.5) is 11.4 Å². The molecular formula is C26H48N6. The second-order valence-electron chi connectivity index (χ2n) is 10.4. The lowest BCUT2D eigenvalue weighted by Gasteiger charge is -2.35. The van der Waals surface area contributed by atoms with Crippen LogP contribution in [0.15, 0.2) is 24.3 Å². The molecule has 1 aromatic rings. The van der Waals surface area contributed by atoms with E-state index >= 15 is 0 Å². The first-order chi connectivity index (χ1) is 15.4. The van der Waals surface area contributed by atoms with E-state index in [1.807, 2.05) is 7.05 Å². The Kier molecular flexibility index (Phi) is 9.65. The highest BCUT2D eigenvalue weighted by Crippen LogP contribution is 2.27. The van der Waals surface area contributed by atoms with E-state index in [1.165, 1.54) is 63.0 Å². The summed E-state index contributed by atoms with van der Waals surface area (Å²) < 4.78 is 0. The van der Waals surface area contributed by atoms with Crippen molar-refractivity contribution >= 4 is 11.4 Å². The van der Waals surface area contributed by atoms with Crippen molar-refractivity contribution in [3.8, 4) is 0 Å². The minimum atomic E-state index is 0.693. The summed E-state index contributed by atoms with van der Waals surface area (Å²) in [5.41, 5.74) is 2.52. The van der Waals surface area contributed by atoms with E-state index in [2.05, 4.69) is 89.7 Å². The van der Waals surface area contributed by atoms with Crippen LogP contribution in [0.5, 0.6) is 0 Å². The van der Waals surface area contributed by atoms with Crippen LogP contribution in [0.3, 0.4) is 0 Å². The Morgan fingerprint density at radius 1 is 0.875 bits per heavy atom. The maximum absolute atomic E-state index is 3.45. The summed E-state index contributed by atoms with van der Waals surface area (Å²) in [7, 11) is 12.8. The highest BCUT2D eigenvalue weighted by molar-refractivity contribution is 5.58. The predicted molar refractivity (Wildman–Crippen MR) is 139 cm³/mol. The monoisotopic (exact) mass is 444 g/mol. The number of nitrogens with one attached hydrogen (secondary N) is 2. The van der Waals surface area contributed by atoms with E-state index < -0.39 is 0 Å². The summed E-state index contributed by atoms with van der Waals surface area (Å²) in [5.74, 6) is 0. The molecule has 3 aliphatic rings. The highest BCUT2D eigenvalue weighted by Gasteiger charge is 2.32. The Morgan fingerprint density at radius 2 is 1.59 bits per heavy atom. The van der Waals surface area contributed by atoms with E-state index in [0.29, 0.717) is 6.04 Å². The van der Waals surface area contributed by atoms with Crippen LogP contribution < -0.4 is 15.5 Å². The Balaban J connectivity index is 0.000000181. The molecule has 0 radical (unpaired) electrons. The van der Waals surface area contributed by atoms with Crippen LogP contribution in [0.2, 0.25) is 0 Å². The molecule has 32 heavy (non-hydrogen) atoms. The summed E-state index contributed by atoms with van der Waals surface area (Å²) in [6.07, 6.45) is 8.16. The van der Waals surface area contributed by atoms with Crippen LogP contribution in [0, 0.1) is 0 Å². The lowest BCUT2D eigenvalue weighted by atomic mass is 9.90. The molecule has 4 atom stereocenters. The van der Waals surface area contributed by atoms with Gasteiger partial charge in [0.25, 0.3) is 0 Å². The number of likely N-dealkylation sites (tertiary alicyclic amines) is 1. The smallest absolute Gasteiger partial charge is 0.0387 e. The number of nitrogens with zero attached hydrogens (tertiary/aromatic N) is 4. The number of rotatable bonds is 6. The Hall–Kier alpha value is -1.34. The van der Waals surface area contributed by atoms with Crippen LogP contribution in [0.1, 0.15) is 38.5 Å². The quantitative estimate of drug-likeness (QED) is 0.703. The molecular weight excluding hydrogens is 396 g/mol. The Morgan fingerprint density at radius 3 is 2.22 bits per heavy atom. The molecule has 4 unspecified atom stereocenters. The van der Waals surface area contributed by atoms with E-state index in [1.54, 1.807) is 0 Å². The van der Waals surface area contributed by atoms with Gasteiger partial charge in [-0.3, -0.25) is 4.90 Å². The molecule has 0 aromatic heterocycles. The number of hydrogen-bond acceptors (Lipinski definition) is 6. The summed E-state index contributed by atoms with van der Waals surface area (Å²) in [4.78, 5) is 9.90. The summed E-state index contributed by atoms with van der Waals surface area (Å²) in [5, 5.41) is 6.64. The molecule has 0 spiro atoms. The van der Waals surface area contributed by atoms with Gasteiger partial charge in [0.2, 0.25) is 0 Å². The zero-order chi connectivity index (χ0) is 23.1. The summed E-state index contributed by atoms with van der Waals surface area (Å²) in [6, 6.07) is 11.7. The molecule has 2 saturated heterocycles. The third kappa shape index (κ3) is 6.83. The minimum Gasteiger partial charge on any atom is -0.388 e. The predicted octanol–water partition coefficient (Wildman–Crippen LogP) is 3.02. The van der Waals surface area contributed by atoms with E-state index in [0.717, 1.165) is 31.2 Å². The van der Waals surface area contributed by atoms with Crippen LogP contribution in [-0.2, 0) is 0 Å². The highest BCUT2D eigenvalue weighted by atomic mass is 15.3. The van der Waals surface area contributed by atoms with Gasteiger partial charge in [-0.1, -0.05) is 12.5 Å². The standard InChI is InChI=1S/C13H27N3.C13H21N3/c2*1-14-11-5-4-6-12(9-11)16-8-7-13(10-16)15(2)3/h11-14H,4-10H2,1-3H3;4-6,9,13-14H,7-8,10H2,1-3H3. The van der Waals surface area contributed by atoms with Crippen molar-refractivity contribution in [1.29, 1.82) is 0 Å². The molecule has 6 nitrogen and oxygen atoms in total. The van der Waals surface area contributed by atoms with Crippen LogP contribution in [-0.4, -0.2) is 107 Å². The second-order valence-corrected chi connectivity index (χ2v) is 10.4. The van der Waals surface area contributed by atoms with Gasteiger partial charge in [-0.25, -0.2) is 0 Å². The van der Waals surface area contributed by atoms with Crippen molar-refractivity contribution in [3.05, 3.63) is 24.3 Å². The van der Waals surface area contributed by atoms with Gasteiger partial charge in [0.15, 0.2) is 0 Å². The fraction of sp³-hybridized carbons (Fsp3) is 0.769. The SMILES string of the molecule is CNC1CCCC(N2CCC(N(C)C)C2)C1.CNc1cccc(N2CCC(N(C)C)C2)c1. The van der Waals surface area contributed by atoms with E-state index in [9.17, 15) is 0 Å². The van der Waals surface area contributed by atoms with Gasteiger partial charge in [0.05, 0.1) is 0 Å². The maximum Gasteiger partial charge on any atom is 0.0387 e. The number of likely N-dealkylation sites (N-methyl/N-ethyl adjacent to an activating group) is 2. The lowest BCUT2D eigenvalue weighted by molar-refractivity contribution is 0.159. The Labute approximate surface area is 197 Å². The molecule has 0 amide bonds. The van der Waals surface area contributed by atoms with E-state index in [4.69, 9.17) is 0 Å². The average Bonchev–Trinajstić information content (AvgIpc) is 3.50. The van der Waals surface area contributed by atoms with Crippen molar-refractivity contribution in [2.45, 2.75) is 62.7 Å². The Bertz CT molecular complexity index is 678. The first kappa shape index (κ1) is 25.3. The molecule has 0 bridgehead atoms. The first-order valence-corrected chi connectivity index (χ1v) is 12.7. The average molecular weight is 445 g/mol. The normalized spacial score (nSPS) is 28.8. The largest absolute Gasteiger partial charge is 0.388 e. The zero-order valence-corrected chi connectivity index (χ0v) is 21.5. The minimum absolute atomic E-state index is 0.693. The van der Waals surface area contributed by atoms with Gasteiger partial charge < -0.3 is 25.3 Å². The van der Waals surface area contributed by atoms with Crippen LogP contribution >= 0.6 is 0 Å². The molecule has 2 aliphatic heterocycles. The van der Waals surface area contributed by atoms with Gasteiger partial charge in [-0.15, -0.1) is 0 Å². The molecule has 4 rings (SSSR count). The molecule has 2 heterocycles. The topological polar surface area (TPSA) is 37.0 Å². The third-order valence-electron chi connectivity index (χ3n) is 7.89. The third-order valence-corrected chi connectivity index (χ3v) is 7.89. The van der Waals surface area contributed by atoms with Crippen molar-refractivity contribution in [2.24, 2.45) is 0 Å². The first-order valence-electron chi connectivity index (χ1n) is 12.7. The maximum atomic E-state index is 3.45. The molecule has 3 fully saturated rings. The molecule has 6 heteroatoms. The van der Waals surface area contributed by atoms with Crippen molar-refractivity contribution in [2.75, 3.05) is 78.7 Å². The van der Waals surface area contributed by atoms with Crippen LogP contribution in [0.25, 0.3) is 0 Å². The number of benzene rings is 1. The molecule has 1 aliphatic carbocycles. The second kappa shape index (κ2) is 12.2. The van der Waals surface area contributed by atoms with Gasteiger partial charge in [0, 0.05) is 68.8 Å². The summed E-state index contributed by atoms with van der Waals surface area (Å²) >= 11 is 0. The van der Waals surface area contributed by atoms with E-state index in [-0.39, 0.29) is 0 Å². The number of hydrogen-bond donors (Lipinski definition) is 2. The fourth-order valence-corrected chi connectivity index (χ4v) is 5.54. The van der Waals surface area contributed by atoms with Gasteiger partial charge in [-0.2, -0.15) is 0 Å². The van der Waals surface area contributed by atoms with Crippen molar-refractivity contribution in [1.82, 2.24) is 20.0 Å². The zero-order valence-electron chi connectivity index (χ0n) is 21.5. The molecule has 1 saturated carbocycles. The van der Waals surface area contributed by atoms with Gasteiger partial charge in [-0.05, 0) is 85.5 Å². The van der Waals surface area contributed by atoms with Crippen molar-refractivity contribution < 1.29 is 0 Å². The fourth-order valence-electron chi connectivity index (χ4n) is 5.54. The van der Waals surface area contributed by atoms with Gasteiger partial charge >= 0.3 is 0 Å².